The van der Waals surface area contributed by atoms with Crippen molar-refractivity contribution in [2.45, 2.75) is 44.8 Å². The Balaban J connectivity index is 1.27. The summed E-state index contributed by atoms with van der Waals surface area (Å²) < 4.78 is 10.8. The second kappa shape index (κ2) is 9.20. The molecule has 2 aromatic rings. The van der Waals surface area contributed by atoms with Crippen LogP contribution < -0.4 is 15.0 Å². The SMILES string of the molecule is CC1Oc2ccccc2N(CCC(=O)OCC(=O)NC2CCCc3ccccc32)C1=O. The first-order valence-corrected chi connectivity index (χ1v) is 10.6. The molecule has 2 atom stereocenters. The molecule has 162 valence electrons. The van der Waals surface area contributed by atoms with E-state index in [9.17, 15) is 14.4 Å². The Morgan fingerprint density at radius 1 is 1.16 bits per heavy atom. The van der Waals surface area contributed by atoms with E-state index in [1.165, 1.54) is 10.5 Å². The summed E-state index contributed by atoms with van der Waals surface area (Å²) in [5.41, 5.74) is 3.01. The van der Waals surface area contributed by atoms with Gasteiger partial charge in [-0.25, -0.2) is 0 Å². The van der Waals surface area contributed by atoms with Gasteiger partial charge in [-0.05, 0) is 49.4 Å². The van der Waals surface area contributed by atoms with Gasteiger partial charge >= 0.3 is 5.97 Å². The smallest absolute Gasteiger partial charge is 0.308 e. The van der Waals surface area contributed by atoms with Gasteiger partial charge in [0, 0.05) is 6.54 Å². The van der Waals surface area contributed by atoms with Gasteiger partial charge in [0.25, 0.3) is 11.8 Å². The Hall–Kier alpha value is -3.35. The van der Waals surface area contributed by atoms with Crippen LogP contribution in [0.1, 0.15) is 43.4 Å². The number of carbonyl (C=O) groups is 3. The van der Waals surface area contributed by atoms with Crippen LogP contribution in [-0.2, 0) is 25.5 Å². The van der Waals surface area contributed by atoms with Crippen LogP contribution in [0.5, 0.6) is 5.75 Å². The second-order valence-corrected chi connectivity index (χ2v) is 7.84. The van der Waals surface area contributed by atoms with E-state index in [1.807, 2.05) is 30.3 Å². The van der Waals surface area contributed by atoms with Crippen LogP contribution in [0.4, 0.5) is 5.69 Å². The van der Waals surface area contributed by atoms with Crippen molar-refractivity contribution >= 4 is 23.5 Å². The number of nitrogens with zero attached hydrogens (tertiary/aromatic N) is 1. The van der Waals surface area contributed by atoms with E-state index in [4.69, 9.17) is 9.47 Å². The summed E-state index contributed by atoms with van der Waals surface area (Å²) in [5.74, 6) is -0.449. The first kappa shape index (κ1) is 20.9. The summed E-state index contributed by atoms with van der Waals surface area (Å²) in [4.78, 5) is 38.5. The average Bonchev–Trinajstić information content (AvgIpc) is 2.78. The molecule has 0 fully saturated rings. The van der Waals surface area contributed by atoms with Gasteiger partial charge in [0.15, 0.2) is 12.7 Å². The fourth-order valence-electron chi connectivity index (χ4n) is 4.15. The third-order valence-electron chi connectivity index (χ3n) is 5.68. The van der Waals surface area contributed by atoms with Gasteiger partial charge in [-0.15, -0.1) is 0 Å². The van der Waals surface area contributed by atoms with E-state index < -0.39 is 12.1 Å². The first-order valence-electron chi connectivity index (χ1n) is 10.6. The first-order chi connectivity index (χ1) is 15.0. The molecule has 2 aromatic carbocycles. The molecule has 0 spiro atoms. The summed E-state index contributed by atoms with van der Waals surface area (Å²) in [6, 6.07) is 15.2. The lowest BCUT2D eigenvalue weighted by Gasteiger charge is -2.32. The molecule has 2 amide bonds. The van der Waals surface area contributed by atoms with Crippen molar-refractivity contribution in [2.75, 3.05) is 18.1 Å². The monoisotopic (exact) mass is 422 g/mol. The van der Waals surface area contributed by atoms with Gasteiger partial charge < -0.3 is 19.7 Å². The Kier molecular flexibility index (Phi) is 6.21. The summed E-state index contributed by atoms with van der Waals surface area (Å²) in [5, 5.41) is 2.96. The Morgan fingerprint density at radius 3 is 2.81 bits per heavy atom. The topological polar surface area (TPSA) is 84.9 Å². The van der Waals surface area contributed by atoms with Crippen molar-refractivity contribution in [1.29, 1.82) is 0 Å². The number of aryl methyl sites for hydroxylation is 1. The van der Waals surface area contributed by atoms with E-state index in [-0.39, 0.29) is 37.4 Å². The zero-order valence-electron chi connectivity index (χ0n) is 17.5. The summed E-state index contributed by atoms with van der Waals surface area (Å²) in [6.45, 7) is 1.51. The molecule has 0 saturated heterocycles. The lowest BCUT2D eigenvalue weighted by Crippen LogP contribution is -2.45. The maximum atomic E-state index is 12.5. The number of hydrogen-bond acceptors (Lipinski definition) is 5. The number of ether oxygens (including phenoxy) is 2. The van der Waals surface area contributed by atoms with E-state index >= 15 is 0 Å². The van der Waals surface area contributed by atoms with Gasteiger partial charge in [0.2, 0.25) is 0 Å². The third-order valence-corrected chi connectivity index (χ3v) is 5.68. The molecule has 0 saturated carbocycles. The molecule has 2 aliphatic rings. The molecule has 1 heterocycles. The zero-order valence-corrected chi connectivity index (χ0v) is 17.5. The van der Waals surface area contributed by atoms with E-state index in [2.05, 4.69) is 11.4 Å². The van der Waals surface area contributed by atoms with E-state index in [0.29, 0.717) is 11.4 Å². The fraction of sp³-hybridized carbons (Fsp3) is 0.375. The minimum absolute atomic E-state index is 0.00760. The molecular formula is C24H26N2O5. The maximum Gasteiger partial charge on any atom is 0.308 e. The highest BCUT2D eigenvalue weighted by Gasteiger charge is 2.31. The molecule has 1 aliphatic heterocycles. The Bertz CT molecular complexity index is 989. The minimum atomic E-state index is -0.616. The molecular weight excluding hydrogens is 396 g/mol. The molecule has 0 radical (unpaired) electrons. The van der Waals surface area contributed by atoms with Crippen LogP contribution in [0.3, 0.4) is 0 Å². The lowest BCUT2D eigenvalue weighted by atomic mass is 9.88. The summed E-state index contributed by atoms with van der Waals surface area (Å²) >= 11 is 0. The van der Waals surface area contributed by atoms with Gasteiger partial charge in [-0.1, -0.05) is 36.4 Å². The number of rotatable bonds is 6. The van der Waals surface area contributed by atoms with Gasteiger partial charge in [-0.2, -0.15) is 0 Å². The number of benzene rings is 2. The molecule has 0 aromatic heterocycles. The number of nitrogens with one attached hydrogen (secondary N) is 1. The standard InChI is InChI=1S/C24H26N2O5/c1-16-24(29)26(20-11-4-5-12-21(20)31-16)14-13-23(28)30-15-22(27)25-19-10-6-8-17-7-2-3-9-18(17)19/h2-5,7,9,11-12,16,19H,6,8,10,13-15H2,1H3,(H,25,27). The van der Waals surface area contributed by atoms with Crippen LogP contribution in [0.2, 0.25) is 0 Å². The van der Waals surface area contributed by atoms with Crippen LogP contribution in [0, 0.1) is 0 Å². The molecule has 0 bridgehead atoms. The molecule has 1 N–H and O–H groups in total. The zero-order chi connectivity index (χ0) is 21.8. The molecule has 7 heteroatoms. The van der Waals surface area contributed by atoms with Crippen molar-refractivity contribution in [1.82, 2.24) is 5.32 Å². The quantitative estimate of drug-likeness (QED) is 0.724. The minimum Gasteiger partial charge on any atom is -0.479 e. The van der Waals surface area contributed by atoms with Crippen molar-refractivity contribution in [3.8, 4) is 5.75 Å². The predicted octanol–water partition coefficient (Wildman–Crippen LogP) is 2.93. The van der Waals surface area contributed by atoms with Crippen LogP contribution >= 0.6 is 0 Å². The molecule has 2 unspecified atom stereocenters. The predicted molar refractivity (Wildman–Crippen MR) is 115 cm³/mol. The van der Waals surface area contributed by atoms with Crippen molar-refractivity contribution in [3.63, 3.8) is 0 Å². The van der Waals surface area contributed by atoms with Crippen LogP contribution in [0.25, 0.3) is 0 Å². The van der Waals surface area contributed by atoms with Crippen LogP contribution in [0.15, 0.2) is 48.5 Å². The number of carbonyl (C=O) groups excluding carboxylic acids is 3. The Morgan fingerprint density at radius 2 is 1.94 bits per heavy atom. The van der Waals surface area contributed by atoms with E-state index in [0.717, 1.165) is 24.8 Å². The maximum absolute atomic E-state index is 12.5. The van der Waals surface area contributed by atoms with Crippen molar-refractivity contribution in [2.24, 2.45) is 0 Å². The van der Waals surface area contributed by atoms with Crippen molar-refractivity contribution in [3.05, 3.63) is 59.7 Å². The van der Waals surface area contributed by atoms with E-state index in [1.54, 1.807) is 19.1 Å². The summed E-state index contributed by atoms with van der Waals surface area (Å²) in [6.07, 6.45) is 2.27. The highest BCUT2D eigenvalue weighted by Crippen LogP contribution is 2.33. The Labute approximate surface area is 181 Å². The van der Waals surface area contributed by atoms with Gasteiger partial charge in [-0.3, -0.25) is 14.4 Å². The van der Waals surface area contributed by atoms with Gasteiger partial charge in [0.05, 0.1) is 18.2 Å². The fourth-order valence-corrected chi connectivity index (χ4v) is 4.15. The number of anilines is 1. The highest BCUT2D eigenvalue weighted by molar-refractivity contribution is 6.00. The molecule has 31 heavy (non-hydrogen) atoms. The molecule has 7 nitrogen and oxygen atoms in total. The molecule has 4 rings (SSSR count). The normalized spacial score (nSPS) is 19.6. The number of fused-ring (bicyclic) bond motifs is 2. The highest BCUT2D eigenvalue weighted by atomic mass is 16.5. The van der Waals surface area contributed by atoms with Gasteiger partial charge in [0.1, 0.15) is 5.75 Å². The summed E-state index contributed by atoms with van der Waals surface area (Å²) in [7, 11) is 0. The lowest BCUT2D eigenvalue weighted by molar-refractivity contribution is -0.148. The van der Waals surface area contributed by atoms with Crippen LogP contribution in [-0.4, -0.2) is 37.0 Å². The molecule has 1 aliphatic carbocycles. The number of esters is 1. The average molecular weight is 422 g/mol. The van der Waals surface area contributed by atoms with Crippen molar-refractivity contribution < 1.29 is 23.9 Å². The number of amides is 2. The third kappa shape index (κ3) is 4.71. The number of hydrogen-bond donors (Lipinski definition) is 1. The number of para-hydroxylation sites is 2. The largest absolute Gasteiger partial charge is 0.479 e. The second-order valence-electron chi connectivity index (χ2n) is 7.84.